The summed E-state index contributed by atoms with van der Waals surface area (Å²) in [6.07, 6.45) is 1.77. The van der Waals surface area contributed by atoms with Crippen molar-refractivity contribution in [1.82, 2.24) is 10.2 Å². The number of thiophene rings is 1. The standard InChI is InChI=1S/C25H27N3O2S/c1-2-18-8-5-6-11-21(18)27-25(30)24(29)26-16-22(23-12-7-15-31-23)28-14-13-19-9-3-4-10-20(19)17-28/h3-12,15,22H,2,13-14,16-17H2,1H3,(H,26,29)(H,27,30). The average molecular weight is 434 g/mol. The van der Waals surface area contributed by atoms with E-state index < -0.39 is 11.8 Å². The van der Waals surface area contributed by atoms with Crippen LogP contribution in [-0.2, 0) is 29.0 Å². The number of anilines is 1. The predicted octanol–water partition coefficient (Wildman–Crippen LogP) is 4.16. The molecule has 2 heterocycles. The molecule has 6 heteroatoms. The zero-order chi connectivity index (χ0) is 21.6. The Morgan fingerprint density at radius 1 is 1.00 bits per heavy atom. The number of nitrogens with one attached hydrogen (secondary N) is 2. The van der Waals surface area contributed by atoms with Crippen LogP contribution in [0, 0.1) is 0 Å². The van der Waals surface area contributed by atoms with Gasteiger partial charge in [-0.05, 0) is 47.0 Å². The van der Waals surface area contributed by atoms with Crippen LogP contribution in [-0.4, -0.2) is 29.8 Å². The first-order valence-electron chi connectivity index (χ1n) is 10.7. The minimum Gasteiger partial charge on any atom is -0.346 e. The minimum atomic E-state index is -0.630. The highest BCUT2D eigenvalue weighted by molar-refractivity contribution is 7.10. The van der Waals surface area contributed by atoms with Crippen molar-refractivity contribution < 1.29 is 9.59 Å². The zero-order valence-corrected chi connectivity index (χ0v) is 18.5. The monoisotopic (exact) mass is 433 g/mol. The van der Waals surface area contributed by atoms with Gasteiger partial charge in [0.1, 0.15) is 0 Å². The van der Waals surface area contributed by atoms with E-state index in [4.69, 9.17) is 0 Å². The van der Waals surface area contributed by atoms with Crippen molar-refractivity contribution in [1.29, 1.82) is 0 Å². The molecule has 2 amide bonds. The number of nitrogens with zero attached hydrogens (tertiary/aromatic N) is 1. The molecule has 1 atom stereocenters. The summed E-state index contributed by atoms with van der Waals surface area (Å²) in [7, 11) is 0. The van der Waals surface area contributed by atoms with Crippen LogP contribution < -0.4 is 10.6 Å². The Morgan fingerprint density at radius 3 is 2.55 bits per heavy atom. The van der Waals surface area contributed by atoms with Crippen LogP contribution in [0.5, 0.6) is 0 Å². The molecule has 1 aliphatic rings. The second-order valence-electron chi connectivity index (χ2n) is 7.70. The number of para-hydroxylation sites is 1. The summed E-state index contributed by atoms with van der Waals surface area (Å²) in [4.78, 5) is 28.6. The molecule has 5 nitrogen and oxygen atoms in total. The number of fused-ring (bicyclic) bond motifs is 1. The van der Waals surface area contributed by atoms with E-state index in [1.165, 1.54) is 16.0 Å². The number of hydrogen-bond donors (Lipinski definition) is 2. The molecule has 0 saturated heterocycles. The van der Waals surface area contributed by atoms with E-state index in [1.54, 1.807) is 11.3 Å². The van der Waals surface area contributed by atoms with Crippen molar-refractivity contribution >= 4 is 28.8 Å². The van der Waals surface area contributed by atoms with Gasteiger partial charge in [0, 0.05) is 30.2 Å². The maximum absolute atomic E-state index is 12.6. The molecule has 1 aliphatic heterocycles. The number of hydrogen-bond acceptors (Lipinski definition) is 4. The third kappa shape index (κ3) is 5.03. The van der Waals surface area contributed by atoms with E-state index in [9.17, 15) is 9.59 Å². The predicted molar refractivity (Wildman–Crippen MR) is 125 cm³/mol. The van der Waals surface area contributed by atoms with Crippen LogP contribution in [0.15, 0.2) is 66.0 Å². The summed E-state index contributed by atoms with van der Waals surface area (Å²) in [6, 6.07) is 20.2. The van der Waals surface area contributed by atoms with E-state index in [2.05, 4.69) is 51.2 Å². The molecule has 1 aromatic heterocycles. The smallest absolute Gasteiger partial charge is 0.313 e. The highest BCUT2D eigenvalue weighted by atomic mass is 32.1. The summed E-state index contributed by atoms with van der Waals surface area (Å²) in [5.41, 5.74) is 4.41. The zero-order valence-electron chi connectivity index (χ0n) is 17.6. The first-order valence-corrected chi connectivity index (χ1v) is 11.5. The van der Waals surface area contributed by atoms with Crippen molar-refractivity contribution in [2.75, 3.05) is 18.4 Å². The van der Waals surface area contributed by atoms with Crippen molar-refractivity contribution in [3.05, 3.63) is 87.6 Å². The van der Waals surface area contributed by atoms with Gasteiger partial charge < -0.3 is 10.6 Å². The summed E-state index contributed by atoms with van der Waals surface area (Å²) in [5.74, 6) is -1.24. The average Bonchev–Trinajstić information content (AvgIpc) is 3.34. The molecule has 31 heavy (non-hydrogen) atoms. The minimum absolute atomic E-state index is 0.0352. The van der Waals surface area contributed by atoms with Gasteiger partial charge in [-0.25, -0.2) is 0 Å². The van der Waals surface area contributed by atoms with Crippen LogP contribution in [0.4, 0.5) is 5.69 Å². The van der Waals surface area contributed by atoms with E-state index in [0.29, 0.717) is 12.2 Å². The number of carbonyl (C=O) groups is 2. The SMILES string of the molecule is CCc1ccccc1NC(=O)C(=O)NCC(c1cccs1)N1CCc2ccccc2C1. The molecular weight excluding hydrogens is 406 g/mol. The number of aryl methyl sites for hydroxylation is 1. The number of amides is 2. The number of carbonyl (C=O) groups excluding carboxylic acids is 2. The molecular formula is C25H27N3O2S. The first kappa shape index (κ1) is 21.3. The lowest BCUT2D eigenvalue weighted by atomic mass is 9.98. The van der Waals surface area contributed by atoms with Gasteiger partial charge in [0.25, 0.3) is 0 Å². The molecule has 0 spiro atoms. The molecule has 2 aromatic carbocycles. The Hall–Kier alpha value is -2.96. The molecule has 4 rings (SSSR count). The maximum atomic E-state index is 12.6. The quantitative estimate of drug-likeness (QED) is 0.574. The van der Waals surface area contributed by atoms with Crippen LogP contribution in [0.3, 0.4) is 0 Å². The van der Waals surface area contributed by atoms with Crippen LogP contribution in [0.2, 0.25) is 0 Å². The topological polar surface area (TPSA) is 61.4 Å². The first-order chi connectivity index (χ1) is 15.2. The Balaban J connectivity index is 1.42. The Bertz CT molecular complexity index is 1050. The molecule has 160 valence electrons. The van der Waals surface area contributed by atoms with Gasteiger partial charge in [-0.2, -0.15) is 0 Å². The fourth-order valence-corrected chi connectivity index (χ4v) is 4.93. The molecule has 1 unspecified atom stereocenters. The summed E-state index contributed by atoms with van der Waals surface area (Å²) < 4.78 is 0. The second kappa shape index (κ2) is 9.90. The highest BCUT2D eigenvalue weighted by Crippen LogP contribution is 2.30. The Kier molecular flexibility index (Phi) is 6.79. The molecule has 0 saturated carbocycles. The van der Waals surface area contributed by atoms with Gasteiger partial charge in [-0.3, -0.25) is 14.5 Å². The third-order valence-electron chi connectivity index (χ3n) is 5.78. The van der Waals surface area contributed by atoms with Gasteiger partial charge in [0.05, 0.1) is 6.04 Å². The van der Waals surface area contributed by atoms with Gasteiger partial charge in [-0.15, -0.1) is 11.3 Å². The van der Waals surface area contributed by atoms with Crippen LogP contribution in [0.1, 0.15) is 34.5 Å². The number of benzene rings is 2. The summed E-state index contributed by atoms with van der Waals surface area (Å²) in [6.45, 7) is 4.17. The molecule has 3 aromatic rings. The Morgan fingerprint density at radius 2 is 1.77 bits per heavy atom. The Labute approximate surface area is 187 Å². The van der Waals surface area contributed by atoms with E-state index in [1.807, 2.05) is 37.3 Å². The van der Waals surface area contributed by atoms with Crippen molar-refractivity contribution in [3.63, 3.8) is 0 Å². The number of rotatable bonds is 6. The molecule has 2 N–H and O–H groups in total. The molecule has 0 bridgehead atoms. The third-order valence-corrected chi connectivity index (χ3v) is 6.75. The van der Waals surface area contributed by atoms with Gasteiger partial charge in [0.15, 0.2) is 0 Å². The van der Waals surface area contributed by atoms with Crippen molar-refractivity contribution in [2.24, 2.45) is 0 Å². The van der Waals surface area contributed by atoms with Gasteiger partial charge >= 0.3 is 11.8 Å². The highest BCUT2D eigenvalue weighted by Gasteiger charge is 2.27. The normalized spacial score (nSPS) is 14.5. The lowest BCUT2D eigenvalue weighted by Gasteiger charge is -2.35. The van der Waals surface area contributed by atoms with Crippen LogP contribution >= 0.6 is 11.3 Å². The van der Waals surface area contributed by atoms with Crippen molar-refractivity contribution in [3.8, 4) is 0 Å². The summed E-state index contributed by atoms with van der Waals surface area (Å²) in [5, 5.41) is 7.67. The maximum Gasteiger partial charge on any atom is 0.313 e. The van der Waals surface area contributed by atoms with Crippen LogP contribution in [0.25, 0.3) is 0 Å². The fourth-order valence-electron chi connectivity index (χ4n) is 4.07. The van der Waals surface area contributed by atoms with E-state index in [-0.39, 0.29) is 6.04 Å². The molecule has 0 radical (unpaired) electrons. The van der Waals surface area contributed by atoms with Crippen molar-refractivity contribution in [2.45, 2.75) is 32.4 Å². The van der Waals surface area contributed by atoms with E-state index >= 15 is 0 Å². The largest absolute Gasteiger partial charge is 0.346 e. The lowest BCUT2D eigenvalue weighted by Crippen LogP contribution is -2.43. The van der Waals surface area contributed by atoms with Gasteiger partial charge in [-0.1, -0.05) is 55.5 Å². The van der Waals surface area contributed by atoms with E-state index in [0.717, 1.165) is 31.5 Å². The molecule has 0 fully saturated rings. The fraction of sp³-hybridized carbons (Fsp3) is 0.280. The summed E-state index contributed by atoms with van der Waals surface area (Å²) >= 11 is 1.68. The lowest BCUT2D eigenvalue weighted by molar-refractivity contribution is -0.136. The molecule has 0 aliphatic carbocycles. The second-order valence-corrected chi connectivity index (χ2v) is 8.67. The van der Waals surface area contributed by atoms with Gasteiger partial charge in [0.2, 0.25) is 0 Å².